The SMILES string of the molecule is CCCCCC(C)OCC1CCCN1Cc1ccc(C(=O)NC(CCSC)C(=O)O)c(-c2ccccc2C)c1. The van der Waals surface area contributed by atoms with Gasteiger partial charge in [0.05, 0.1) is 12.7 Å². The number of aliphatic carboxylic acids is 1. The van der Waals surface area contributed by atoms with E-state index in [0.717, 1.165) is 61.2 Å². The number of unbranched alkanes of at least 4 members (excludes halogenated alkanes) is 2. The average Bonchev–Trinajstić information content (AvgIpc) is 3.36. The van der Waals surface area contributed by atoms with Crippen LogP contribution in [0.2, 0.25) is 0 Å². The molecule has 3 rings (SSSR count). The van der Waals surface area contributed by atoms with Crippen LogP contribution in [-0.2, 0) is 16.1 Å². The number of hydrogen-bond acceptors (Lipinski definition) is 5. The number of amides is 1. The lowest BCUT2D eigenvalue weighted by Crippen LogP contribution is -2.41. The largest absolute Gasteiger partial charge is 0.480 e. The van der Waals surface area contributed by atoms with Crippen molar-refractivity contribution in [3.8, 4) is 11.1 Å². The van der Waals surface area contributed by atoms with Gasteiger partial charge in [0, 0.05) is 18.2 Å². The number of ether oxygens (including phenoxy) is 1. The average molecular weight is 555 g/mol. The molecule has 3 unspecified atom stereocenters. The topological polar surface area (TPSA) is 78.9 Å². The standard InChI is InChI=1S/C32H46N2O4S/c1-5-6-7-12-24(3)38-22-26-13-10-18-34(26)21-25-15-16-28(29(20-25)27-14-9-8-11-23(27)2)31(35)33-30(32(36)37)17-19-39-4/h8-9,11,14-16,20,24,26,30H,5-7,10,12-13,17-19,21-22H2,1-4H3,(H,33,35)(H,36,37). The van der Waals surface area contributed by atoms with E-state index < -0.39 is 12.0 Å². The molecule has 1 aliphatic rings. The zero-order chi connectivity index (χ0) is 28.2. The number of benzene rings is 2. The Hall–Kier alpha value is -2.35. The Labute approximate surface area is 238 Å². The van der Waals surface area contributed by atoms with E-state index in [1.165, 1.54) is 19.3 Å². The van der Waals surface area contributed by atoms with Crippen LogP contribution in [0.15, 0.2) is 42.5 Å². The Morgan fingerprint density at radius 1 is 1.15 bits per heavy atom. The van der Waals surface area contributed by atoms with Gasteiger partial charge in [0.2, 0.25) is 0 Å². The maximum Gasteiger partial charge on any atom is 0.326 e. The fraction of sp³-hybridized carbons (Fsp3) is 0.562. The van der Waals surface area contributed by atoms with Crippen molar-refractivity contribution in [2.45, 2.75) is 90.4 Å². The van der Waals surface area contributed by atoms with Crippen molar-refractivity contribution < 1.29 is 19.4 Å². The molecule has 1 heterocycles. The normalized spacial score (nSPS) is 17.2. The van der Waals surface area contributed by atoms with Gasteiger partial charge >= 0.3 is 5.97 Å². The number of rotatable bonds is 16. The second kappa shape index (κ2) is 16.0. The number of aryl methyl sites for hydroxylation is 1. The molecule has 1 fully saturated rings. The van der Waals surface area contributed by atoms with Gasteiger partial charge in [-0.1, -0.05) is 56.5 Å². The number of carbonyl (C=O) groups is 2. The highest BCUT2D eigenvalue weighted by Gasteiger charge is 2.27. The molecule has 1 saturated heterocycles. The zero-order valence-corrected chi connectivity index (χ0v) is 24.9. The highest BCUT2D eigenvalue weighted by atomic mass is 32.2. The first kappa shape index (κ1) is 31.2. The third-order valence-electron chi connectivity index (χ3n) is 7.65. The lowest BCUT2D eigenvalue weighted by Gasteiger charge is -2.26. The van der Waals surface area contributed by atoms with Gasteiger partial charge in [-0.15, -0.1) is 0 Å². The predicted molar refractivity (Wildman–Crippen MR) is 161 cm³/mol. The van der Waals surface area contributed by atoms with Crippen molar-refractivity contribution in [3.63, 3.8) is 0 Å². The summed E-state index contributed by atoms with van der Waals surface area (Å²) in [6.07, 6.45) is 9.73. The molecule has 3 atom stereocenters. The summed E-state index contributed by atoms with van der Waals surface area (Å²) in [6, 6.07) is 13.5. The lowest BCUT2D eigenvalue weighted by atomic mass is 9.93. The number of hydrogen-bond donors (Lipinski definition) is 2. The third kappa shape index (κ3) is 9.37. The van der Waals surface area contributed by atoms with E-state index in [-0.39, 0.29) is 12.0 Å². The van der Waals surface area contributed by atoms with Gasteiger partial charge in [0.25, 0.3) is 5.91 Å². The van der Waals surface area contributed by atoms with Gasteiger partial charge in [0.1, 0.15) is 6.04 Å². The van der Waals surface area contributed by atoms with Crippen LogP contribution in [0, 0.1) is 6.92 Å². The van der Waals surface area contributed by atoms with Gasteiger partial charge < -0.3 is 15.2 Å². The number of likely N-dealkylation sites (tertiary alicyclic amines) is 1. The van der Waals surface area contributed by atoms with Crippen molar-refractivity contribution in [2.24, 2.45) is 0 Å². The van der Waals surface area contributed by atoms with Gasteiger partial charge in [0.15, 0.2) is 0 Å². The molecule has 0 bridgehead atoms. The van der Waals surface area contributed by atoms with E-state index in [1.807, 2.05) is 49.6 Å². The highest BCUT2D eigenvalue weighted by molar-refractivity contribution is 7.98. The van der Waals surface area contributed by atoms with E-state index >= 15 is 0 Å². The Balaban J connectivity index is 1.78. The molecule has 6 nitrogen and oxygen atoms in total. The Kier molecular flexibility index (Phi) is 12.8. The molecule has 0 saturated carbocycles. The molecule has 1 aliphatic heterocycles. The summed E-state index contributed by atoms with van der Waals surface area (Å²) in [5.74, 6) is -0.690. The van der Waals surface area contributed by atoms with Gasteiger partial charge in [-0.05, 0) is 92.5 Å². The maximum atomic E-state index is 13.4. The molecular weight excluding hydrogens is 508 g/mol. The van der Waals surface area contributed by atoms with Crippen LogP contribution >= 0.6 is 11.8 Å². The van der Waals surface area contributed by atoms with Crippen molar-refractivity contribution in [2.75, 3.05) is 25.2 Å². The van der Waals surface area contributed by atoms with Crippen LogP contribution in [0.1, 0.15) is 80.3 Å². The predicted octanol–water partition coefficient (Wildman–Crippen LogP) is 6.55. The van der Waals surface area contributed by atoms with Crippen LogP contribution in [-0.4, -0.2) is 65.2 Å². The minimum Gasteiger partial charge on any atom is -0.480 e. The molecular formula is C32H46N2O4S. The molecule has 0 aliphatic carbocycles. The van der Waals surface area contributed by atoms with Crippen LogP contribution in [0.5, 0.6) is 0 Å². The molecule has 1 amide bonds. The van der Waals surface area contributed by atoms with Gasteiger partial charge in [-0.25, -0.2) is 4.79 Å². The molecule has 214 valence electrons. The van der Waals surface area contributed by atoms with Gasteiger partial charge in [-0.3, -0.25) is 9.69 Å². The molecule has 0 radical (unpaired) electrons. The second-order valence-electron chi connectivity index (χ2n) is 10.7. The summed E-state index contributed by atoms with van der Waals surface area (Å²) in [6.45, 7) is 9.04. The maximum absolute atomic E-state index is 13.4. The fourth-order valence-electron chi connectivity index (χ4n) is 5.28. The van der Waals surface area contributed by atoms with Gasteiger partial charge in [-0.2, -0.15) is 11.8 Å². The van der Waals surface area contributed by atoms with E-state index in [4.69, 9.17) is 4.74 Å². The Morgan fingerprint density at radius 3 is 2.67 bits per heavy atom. The first-order chi connectivity index (χ1) is 18.8. The molecule has 39 heavy (non-hydrogen) atoms. The quantitative estimate of drug-likeness (QED) is 0.229. The zero-order valence-electron chi connectivity index (χ0n) is 24.1. The summed E-state index contributed by atoms with van der Waals surface area (Å²) in [4.78, 5) is 27.7. The Bertz CT molecular complexity index is 1080. The monoisotopic (exact) mass is 554 g/mol. The van der Waals surface area contributed by atoms with Crippen LogP contribution in [0.4, 0.5) is 0 Å². The van der Waals surface area contributed by atoms with Crippen LogP contribution in [0.3, 0.4) is 0 Å². The highest BCUT2D eigenvalue weighted by Crippen LogP contribution is 2.30. The fourth-order valence-corrected chi connectivity index (χ4v) is 5.75. The van der Waals surface area contributed by atoms with E-state index in [0.29, 0.717) is 23.8 Å². The van der Waals surface area contributed by atoms with E-state index in [2.05, 4.69) is 30.1 Å². The summed E-state index contributed by atoms with van der Waals surface area (Å²) in [5, 5.41) is 12.4. The number of carboxylic acids is 1. The Morgan fingerprint density at radius 2 is 1.95 bits per heavy atom. The number of nitrogens with one attached hydrogen (secondary N) is 1. The van der Waals surface area contributed by atoms with E-state index in [9.17, 15) is 14.7 Å². The minimum absolute atomic E-state index is 0.287. The van der Waals surface area contributed by atoms with Crippen LogP contribution in [0.25, 0.3) is 11.1 Å². The van der Waals surface area contributed by atoms with Crippen LogP contribution < -0.4 is 5.32 Å². The summed E-state index contributed by atoms with van der Waals surface area (Å²) in [5.41, 5.74) is 4.55. The van der Waals surface area contributed by atoms with E-state index in [1.54, 1.807) is 11.8 Å². The minimum atomic E-state index is -1.01. The number of thioether (sulfide) groups is 1. The summed E-state index contributed by atoms with van der Waals surface area (Å²) in [7, 11) is 0. The second-order valence-corrected chi connectivity index (χ2v) is 11.7. The molecule has 0 aromatic heterocycles. The molecule has 2 aromatic carbocycles. The first-order valence-corrected chi connectivity index (χ1v) is 15.8. The number of carboxylic acid groups (broad SMARTS) is 1. The third-order valence-corrected chi connectivity index (χ3v) is 8.29. The van der Waals surface area contributed by atoms with Crippen molar-refractivity contribution in [1.29, 1.82) is 0 Å². The number of carbonyl (C=O) groups excluding carboxylic acids is 1. The molecule has 0 spiro atoms. The van der Waals surface area contributed by atoms with Crippen molar-refractivity contribution in [3.05, 3.63) is 59.2 Å². The van der Waals surface area contributed by atoms with Crippen molar-refractivity contribution >= 4 is 23.6 Å². The first-order valence-electron chi connectivity index (χ1n) is 14.4. The molecule has 7 heteroatoms. The smallest absolute Gasteiger partial charge is 0.326 e. The summed E-state index contributed by atoms with van der Waals surface area (Å²) < 4.78 is 6.24. The summed E-state index contributed by atoms with van der Waals surface area (Å²) >= 11 is 1.57. The molecule has 2 aromatic rings. The lowest BCUT2D eigenvalue weighted by molar-refractivity contribution is -0.139. The van der Waals surface area contributed by atoms with Crippen molar-refractivity contribution in [1.82, 2.24) is 10.2 Å². The molecule has 2 N–H and O–H groups in total. The number of nitrogens with zero attached hydrogens (tertiary/aromatic N) is 1.